The van der Waals surface area contributed by atoms with E-state index < -0.39 is 5.97 Å². The third kappa shape index (κ3) is 3.38. The molecule has 19 heavy (non-hydrogen) atoms. The Kier molecular flexibility index (Phi) is 4.64. The Hall–Kier alpha value is -1.29. The number of aliphatic carboxylic acids is 1. The van der Waals surface area contributed by atoms with Crippen molar-refractivity contribution in [2.75, 3.05) is 5.75 Å². The molecule has 1 aromatic rings. The van der Waals surface area contributed by atoms with Crippen molar-refractivity contribution < 1.29 is 14.7 Å². The third-order valence-corrected chi connectivity index (χ3v) is 4.65. The fourth-order valence-corrected chi connectivity index (χ4v) is 3.40. The average Bonchev–Trinajstić information content (AvgIpc) is 2.58. The standard InChI is InChI=1S/C15H18O3S/c1-2-10(9-15(17)18)11-5-6-14-12(8-11)13(16)4-3-7-19-14/h5-6,8,10H,2-4,7,9H2,1H3,(H,17,18). The van der Waals surface area contributed by atoms with Gasteiger partial charge in [-0.05, 0) is 42.2 Å². The van der Waals surface area contributed by atoms with E-state index in [1.54, 1.807) is 11.8 Å². The molecule has 1 heterocycles. The maximum Gasteiger partial charge on any atom is 0.303 e. The lowest BCUT2D eigenvalue weighted by atomic mass is 9.91. The summed E-state index contributed by atoms with van der Waals surface area (Å²) >= 11 is 1.72. The van der Waals surface area contributed by atoms with Gasteiger partial charge in [0.15, 0.2) is 5.78 Å². The van der Waals surface area contributed by atoms with Gasteiger partial charge < -0.3 is 5.11 Å². The lowest BCUT2D eigenvalue weighted by Gasteiger charge is -2.15. The summed E-state index contributed by atoms with van der Waals surface area (Å²) in [6.45, 7) is 1.98. The topological polar surface area (TPSA) is 54.4 Å². The number of ketones is 1. The maximum absolute atomic E-state index is 12.1. The van der Waals surface area contributed by atoms with Crippen LogP contribution in [0.2, 0.25) is 0 Å². The lowest BCUT2D eigenvalue weighted by Crippen LogP contribution is -2.07. The van der Waals surface area contributed by atoms with Crippen LogP contribution in [0.4, 0.5) is 0 Å². The minimum Gasteiger partial charge on any atom is -0.481 e. The second kappa shape index (κ2) is 6.24. The Morgan fingerprint density at radius 2 is 2.26 bits per heavy atom. The van der Waals surface area contributed by atoms with E-state index in [-0.39, 0.29) is 18.1 Å². The molecular weight excluding hydrogens is 260 g/mol. The van der Waals surface area contributed by atoms with Gasteiger partial charge in [-0.1, -0.05) is 13.0 Å². The minimum absolute atomic E-state index is 0.0103. The summed E-state index contributed by atoms with van der Waals surface area (Å²) in [7, 11) is 0. The number of carbonyl (C=O) groups excluding carboxylic acids is 1. The second-order valence-electron chi connectivity index (χ2n) is 4.83. The summed E-state index contributed by atoms with van der Waals surface area (Å²) < 4.78 is 0. The number of carboxylic acids is 1. The largest absolute Gasteiger partial charge is 0.481 e. The number of rotatable bonds is 4. The predicted molar refractivity (Wildman–Crippen MR) is 76.0 cm³/mol. The molecule has 0 aromatic heterocycles. The van der Waals surface area contributed by atoms with Crippen LogP contribution in [0.5, 0.6) is 0 Å². The molecular formula is C15H18O3S. The molecule has 0 amide bonds. The highest BCUT2D eigenvalue weighted by Gasteiger charge is 2.20. The Morgan fingerprint density at radius 1 is 1.47 bits per heavy atom. The number of carboxylic acid groups (broad SMARTS) is 1. The van der Waals surface area contributed by atoms with Gasteiger partial charge in [0.25, 0.3) is 0 Å². The van der Waals surface area contributed by atoms with Crippen LogP contribution < -0.4 is 0 Å². The zero-order chi connectivity index (χ0) is 13.8. The van der Waals surface area contributed by atoms with Gasteiger partial charge in [-0.3, -0.25) is 9.59 Å². The van der Waals surface area contributed by atoms with E-state index in [2.05, 4.69) is 0 Å². The van der Waals surface area contributed by atoms with Gasteiger partial charge in [-0.25, -0.2) is 0 Å². The summed E-state index contributed by atoms with van der Waals surface area (Å²) in [5.41, 5.74) is 1.75. The van der Waals surface area contributed by atoms with Crippen LogP contribution in [-0.4, -0.2) is 22.6 Å². The van der Waals surface area contributed by atoms with Gasteiger partial charge in [-0.15, -0.1) is 11.8 Å². The van der Waals surface area contributed by atoms with Crippen LogP contribution in [0.15, 0.2) is 23.1 Å². The summed E-state index contributed by atoms with van der Waals surface area (Å²) in [4.78, 5) is 24.0. The fourth-order valence-electron chi connectivity index (χ4n) is 2.40. The Bertz CT molecular complexity index is 496. The zero-order valence-corrected chi connectivity index (χ0v) is 11.8. The van der Waals surface area contributed by atoms with Gasteiger partial charge in [0.2, 0.25) is 0 Å². The first-order valence-corrected chi connectivity index (χ1v) is 7.62. The molecule has 0 radical (unpaired) electrons. The molecule has 102 valence electrons. The second-order valence-corrected chi connectivity index (χ2v) is 5.97. The Balaban J connectivity index is 2.33. The van der Waals surface area contributed by atoms with Gasteiger partial charge in [0.1, 0.15) is 0 Å². The van der Waals surface area contributed by atoms with Gasteiger partial charge in [0.05, 0.1) is 6.42 Å². The van der Waals surface area contributed by atoms with E-state index in [4.69, 9.17) is 5.11 Å². The van der Waals surface area contributed by atoms with Crippen molar-refractivity contribution in [3.8, 4) is 0 Å². The Labute approximate surface area is 117 Å². The maximum atomic E-state index is 12.1. The van der Waals surface area contributed by atoms with Crippen molar-refractivity contribution in [2.24, 2.45) is 0 Å². The minimum atomic E-state index is -0.789. The molecule has 1 aliphatic heterocycles. The number of thioether (sulfide) groups is 1. The first-order chi connectivity index (χ1) is 9.11. The number of Topliss-reactive ketones (excluding diaryl/α,β-unsaturated/α-hetero) is 1. The molecule has 0 spiro atoms. The normalized spacial score (nSPS) is 16.6. The summed E-state index contributed by atoms with van der Waals surface area (Å²) in [5, 5.41) is 8.94. The first kappa shape index (κ1) is 14.1. The fraction of sp³-hybridized carbons (Fsp3) is 0.467. The van der Waals surface area contributed by atoms with Gasteiger partial charge >= 0.3 is 5.97 Å². The number of fused-ring (bicyclic) bond motifs is 1. The molecule has 1 aliphatic rings. The lowest BCUT2D eigenvalue weighted by molar-refractivity contribution is -0.137. The van der Waals surface area contributed by atoms with Gasteiger partial charge in [-0.2, -0.15) is 0 Å². The van der Waals surface area contributed by atoms with Crippen LogP contribution in [0, 0.1) is 0 Å². The molecule has 1 N–H and O–H groups in total. The van der Waals surface area contributed by atoms with Crippen LogP contribution in [-0.2, 0) is 4.79 Å². The molecule has 4 heteroatoms. The number of benzene rings is 1. The van der Waals surface area contributed by atoms with Crippen LogP contribution in [0.1, 0.15) is 54.4 Å². The van der Waals surface area contributed by atoms with Crippen molar-refractivity contribution in [3.05, 3.63) is 29.3 Å². The number of carbonyl (C=O) groups is 2. The van der Waals surface area contributed by atoms with Crippen LogP contribution in [0.25, 0.3) is 0 Å². The smallest absolute Gasteiger partial charge is 0.303 e. The van der Waals surface area contributed by atoms with Gasteiger partial charge in [0, 0.05) is 16.9 Å². The number of hydrogen-bond acceptors (Lipinski definition) is 3. The molecule has 0 saturated carbocycles. The summed E-state index contributed by atoms with van der Waals surface area (Å²) in [6, 6.07) is 5.86. The van der Waals surface area contributed by atoms with Crippen molar-refractivity contribution in [2.45, 2.75) is 43.4 Å². The van der Waals surface area contributed by atoms with E-state index in [0.717, 1.165) is 34.6 Å². The van der Waals surface area contributed by atoms with E-state index in [0.29, 0.717) is 6.42 Å². The van der Waals surface area contributed by atoms with Crippen molar-refractivity contribution >= 4 is 23.5 Å². The van der Waals surface area contributed by atoms with E-state index >= 15 is 0 Å². The van der Waals surface area contributed by atoms with E-state index in [9.17, 15) is 9.59 Å². The molecule has 1 aromatic carbocycles. The molecule has 3 nitrogen and oxygen atoms in total. The zero-order valence-electron chi connectivity index (χ0n) is 11.0. The monoisotopic (exact) mass is 278 g/mol. The molecule has 2 rings (SSSR count). The molecule has 0 saturated heterocycles. The summed E-state index contributed by atoms with van der Waals surface area (Å²) in [6.07, 6.45) is 2.40. The Morgan fingerprint density at radius 3 is 2.95 bits per heavy atom. The quantitative estimate of drug-likeness (QED) is 0.912. The highest BCUT2D eigenvalue weighted by molar-refractivity contribution is 7.99. The molecule has 0 fully saturated rings. The highest BCUT2D eigenvalue weighted by atomic mass is 32.2. The van der Waals surface area contributed by atoms with E-state index in [1.165, 1.54) is 0 Å². The van der Waals surface area contributed by atoms with Crippen molar-refractivity contribution in [1.29, 1.82) is 0 Å². The molecule has 0 aliphatic carbocycles. The van der Waals surface area contributed by atoms with Crippen molar-refractivity contribution in [3.63, 3.8) is 0 Å². The van der Waals surface area contributed by atoms with Crippen molar-refractivity contribution in [1.82, 2.24) is 0 Å². The first-order valence-electron chi connectivity index (χ1n) is 6.63. The number of hydrogen-bond donors (Lipinski definition) is 1. The van der Waals surface area contributed by atoms with Crippen LogP contribution >= 0.6 is 11.8 Å². The van der Waals surface area contributed by atoms with Crippen LogP contribution in [0.3, 0.4) is 0 Å². The summed E-state index contributed by atoms with van der Waals surface area (Å²) in [5.74, 6) is 0.364. The SMILES string of the molecule is CCC(CC(=O)O)c1ccc2c(c1)C(=O)CCCS2. The average molecular weight is 278 g/mol. The molecule has 1 atom stereocenters. The third-order valence-electron chi connectivity index (χ3n) is 3.49. The predicted octanol–water partition coefficient (Wildman–Crippen LogP) is 3.72. The molecule has 0 bridgehead atoms. The van der Waals surface area contributed by atoms with E-state index in [1.807, 2.05) is 25.1 Å². The highest BCUT2D eigenvalue weighted by Crippen LogP contribution is 2.33. The molecule has 1 unspecified atom stereocenters.